The van der Waals surface area contributed by atoms with E-state index in [1.54, 1.807) is 0 Å². The second-order valence-electron chi connectivity index (χ2n) is 19.4. The van der Waals surface area contributed by atoms with E-state index < -0.39 is 6.04 Å². The number of nitrogens with one attached hydrogen (secondary N) is 4. The first-order valence-corrected chi connectivity index (χ1v) is 28.4. The lowest BCUT2D eigenvalue weighted by atomic mass is 10.0. The molecular formula is C54H113N9O2. The zero-order valence-electron chi connectivity index (χ0n) is 43.5. The molecule has 0 aliphatic rings. The summed E-state index contributed by atoms with van der Waals surface area (Å²) in [5, 5.41) is 12.7. The van der Waals surface area contributed by atoms with Gasteiger partial charge in [-0.1, -0.05) is 206 Å². The number of guanidine groups is 1. The Labute approximate surface area is 403 Å². The van der Waals surface area contributed by atoms with Crippen LogP contribution in [-0.2, 0) is 9.59 Å². The molecule has 0 heterocycles. The Kier molecular flexibility index (Phi) is 51.7. The number of unbranched alkanes of at least 4 members (excludes halogenated alkanes) is 31. The first kappa shape index (κ1) is 63.2. The highest BCUT2D eigenvalue weighted by atomic mass is 16.2. The summed E-state index contributed by atoms with van der Waals surface area (Å²) in [6, 6.07) is -0.537. The van der Waals surface area contributed by atoms with Gasteiger partial charge < -0.3 is 38.1 Å². The first-order valence-electron chi connectivity index (χ1n) is 28.4. The lowest BCUT2D eigenvalue weighted by Gasteiger charge is -2.26. The molecule has 1 atom stereocenters. The topological polar surface area (TPSA) is 176 Å². The number of aliphatic imine (C=N–C) groups is 1. The summed E-state index contributed by atoms with van der Waals surface area (Å²) in [6.45, 7) is 12.2. The van der Waals surface area contributed by atoms with E-state index in [-0.39, 0.29) is 24.3 Å². The third kappa shape index (κ3) is 48.5. The van der Waals surface area contributed by atoms with Crippen LogP contribution in [0.5, 0.6) is 0 Å². The molecule has 11 nitrogen and oxygen atoms in total. The third-order valence-electron chi connectivity index (χ3n) is 12.9. The van der Waals surface area contributed by atoms with Crippen molar-refractivity contribution in [2.45, 2.75) is 264 Å². The monoisotopic (exact) mass is 920 g/mol. The molecule has 0 rings (SSSR count). The molecule has 0 saturated heterocycles. The Morgan fingerprint density at radius 2 is 0.815 bits per heavy atom. The lowest BCUT2D eigenvalue weighted by Crippen LogP contribution is -2.44. The van der Waals surface area contributed by atoms with Crippen molar-refractivity contribution >= 4 is 17.8 Å². The predicted octanol–water partition coefficient (Wildman–Crippen LogP) is 11.2. The Balaban J connectivity index is 4.40. The normalized spacial score (nSPS) is 12.3. The zero-order valence-corrected chi connectivity index (χ0v) is 43.5. The SMILES string of the molecule is CCCCCCCCCCCCCCCCCCN(CCCCCCCCCCCCCCCCCC)C(=O)C(N)CCCN=C(N)NC(=O)CNCCCNCCCCNCCCN. The number of nitrogens with zero attached hydrogens (tertiary/aromatic N) is 2. The van der Waals surface area contributed by atoms with Crippen LogP contribution < -0.4 is 38.5 Å². The minimum Gasteiger partial charge on any atom is -0.370 e. The van der Waals surface area contributed by atoms with E-state index in [0.717, 1.165) is 90.9 Å². The molecular weight excluding hydrogens is 807 g/mol. The lowest BCUT2D eigenvalue weighted by molar-refractivity contribution is -0.133. The van der Waals surface area contributed by atoms with Crippen LogP contribution in [0.1, 0.15) is 258 Å². The summed E-state index contributed by atoms with van der Waals surface area (Å²) >= 11 is 0. The van der Waals surface area contributed by atoms with E-state index in [4.69, 9.17) is 17.2 Å². The molecule has 0 bridgehead atoms. The molecule has 0 radical (unpaired) electrons. The highest BCUT2D eigenvalue weighted by molar-refractivity contribution is 5.97. The minimum atomic E-state index is -0.537. The Hall–Kier alpha value is -1.79. The highest BCUT2D eigenvalue weighted by Gasteiger charge is 2.20. The average Bonchev–Trinajstić information content (AvgIpc) is 3.30. The molecule has 0 fully saturated rings. The minimum absolute atomic E-state index is 0.0739. The molecule has 0 aliphatic heterocycles. The number of amides is 2. The molecule has 0 saturated carbocycles. The molecule has 0 aromatic heterocycles. The fourth-order valence-corrected chi connectivity index (χ4v) is 8.65. The van der Waals surface area contributed by atoms with Crippen LogP contribution in [0.15, 0.2) is 4.99 Å². The second-order valence-corrected chi connectivity index (χ2v) is 19.4. The molecule has 11 heteroatoms. The third-order valence-corrected chi connectivity index (χ3v) is 12.9. The van der Waals surface area contributed by atoms with Crippen molar-refractivity contribution in [3.05, 3.63) is 0 Å². The summed E-state index contributed by atoms with van der Waals surface area (Å²) < 4.78 is 0. The van der Waals surface area contributed by atoms with Crippen LogP contribution in [0, 0.1) is 0 Å². The van der Waals surface area contributed by atoms with Gasteiger partial charge in [-0.2, -0.15) is 0 Å². The smallest absolute Gasteiger partial charge is 0.240 e. The Morgan fingerprint density at radius 3 is 1.22 bits per heavy atom. The van der Waals surface area contributed by atoms with E-state index in [2.05, 4.69) is 45.0 Å². The van der Waals surface area contributed by atoms with Gasteiger partial charge >= 0.3 is 0 Å². The van der Waals surface area contributed by atoms with Crippen molar-refractivity contribution in [1.82, 2.24) is 26.2 Å². The Morgan fingerprint density at radius 1 is 0.462 bits per heavy atom. The molecule has 65 heavy (non-hydrogen) atoms. The summed E-state index contributed by atoms with van der Waals surface area (Å²) in [7, 11) is 0. The van der Waals surface area contributed by atoms with E-state index in [0.29, 0.717) is 19.4 Å². The summed E-state index contributed by atoms with van der Waals surface area (Å²) in [6.07, 6.45) is 48.5. The summed E-state index contributed by atoms with van der Waals surface area (Å²) in [5.41, 5.74) is 18.0. The van der Waals surface area contributed by atoms with Gasteiger partial charge in [-0.15, -0.1) is 0 Å². The molecule has 0 aliphatic carbocycles. The number of carbonyl (C=O) groups excluding carboxylic acids is 2. The number of hydrogen-bond acceptors (Lipinski definition) is 8. The van der Waals surface area contributed by atoms with Crippen molar-refractivity contribution in [2.75, 3.05) is 65.4 Å². The van der Waals surface area contributed by atoms with Gasteiger partial charge in [-0.05, 0) is 90.6 Å². The van der Waals surface area contributed by atoms with Crippen LogP contribution >= 0.6 is 0 Å². The van der Waals surface area contributed by atoms with Crippen LogP contribution in [0.2, 0.25) is 0 Å². The van der Waals surface area contributed by atoms with E-state index in [1.807, 2.05) is 0 Å². The number of nitrogens with two attached hydrogens (primary N) is 3. The van der Waals surface area contributed by atoms with E-state index >= 15 is 0 Å². The van der Waals surface area contributed by atoms with Crippen LogP contribution in [0.4, 0.5) is 0 Å². The summed E-state index contributed by atoms with van der Waals surface area (Å²) in [5.74, 6) is -0.0126. The molecule has 386 valence electrons. The standard InChI is InChI=1S/C54H113N9O2/c1-3-5-7-9-11-13-15-17-19-21-23-25-27-29-31-35-48-63(49-36-32-30-28-26-24-22-20-18-16-14-12-10-8-6-4-2)53(65)51(56)40-37-47-61-54(57)62-52(64)50-60-46-39-45-59-43-34-33-42-58-44-38-41-55/h51,58-60H,3-50,55-56H2,1-2H3,(H3,57,61,62,64). The number of carbonyl (C=O) groups is 2. The van der Waals surface area contributed by atoms with Gasteiger partial charge in [-0.25, -0.2) is 0 Å². The summed E-state index contributed by atoms with van der Waals surface area (Å²) in [4.78, 5) is 32.4. The molecule has 2 amide bonds. The van der Waals surface area contributed by atoms with Crippen molar-refractivity contribution in [1.29, 1.82) is 0 Å². The molecule has 0 spiro atoms. The maximum absolute atomic E-state index is 13.6. The van der Waals surface area contributed by atoms with Gasteiger partial charge in [0.05, 0.1) is 12.6 Å². The van der Waals surface area contributed by atoms with Gasteiger partial charge in [0.15, 0.2) is 5.96 Å². The zero-order chi connectivity index (χ0) is 47.4. The number of hydrogen-bond donors (Lipinski definition) is 7. The average molecular weight is 921 g/mol. The van der Waals surface area contributed by atoms with Gasteiger partial charge in [0.2, 0.25) is 11.8 Å². The van der Waals surface area contributed by atoms with Crippen LogP contribution in [0.25, 0.3) is 0 Å². The van der Waals surface area contributed by atoms with Gasteiger partial charge in [-0.3, -0.25) is 19.9 Å². The van der Waals surface area contributed by atoms with Crippen molar-refractivity contribution in [2.24, 2.45) is 22.2 Å². The second kappa shape index (κ2) is 53.2. The fraction of sp³-hybridized carbons (Fsp3) is 0.944. The Bertz CT molecular complexity index is 981. The molecule has 0 aromatic rings. The molecule has 0 aromatic carbocycles. The quantitative estimate of drug-likeness (QED) is 0.0179. The number of rotatable bonds is 53. The predicted molar refractivity (Wildman–Crippen MR) is 284 cm³/mol. The maximum atomic E-state index is 13.6. The maximum Gasteiger partial charge on any atom is 0.240 e. The molecule has 10 N–H and O–H groups in total. The van der Waals surface area contributed by atoms with Gasteiger partial charge in [0.25, 0.3) is 0 Å². The van der Waals surface area contributed by atoms with Crippen LogP contribution in [-0.4, -0.2) is 94.2 Å². The van der Waals surface area contributed by atoms with Gasteiger partial charge in [0, 0.05) is 19.6 Å². The fourth-order valence-electron chi connectivity index (χ4n) is 8.65. The van der Waals surface area contributed by atoms with E-state index in [9.17, 15) is 9.59 Å². The molecule has 1 unspecified atom stereocenters. The van der Waals surface area contributed by atoms with Crippen molar-refractivity contribution in [3.8, 4) is 0 Å². The van der Waals surface area contributed by atoms with Crippen molar-refractivity contribution in [3.63, 3.8) is 0 Å². The largest absolute Gasteiger partial charge is 0.370 e. The van der Waals surface area contributed by atoms with E-state index in [1.165, 1.54) is 193 Å². The highest BCUT2D eigenvalue weighted by Crippen LogP contribution is 2.16. The van der Waals surface area contributed by atoms with Gasteiger partial charge in [0.1, 0.15) is 0 Å². The van der Waals surface area contributed by atoms with Crippen molar-refractivity contribution < 1.29 is 9.59 Å². The first-order chi connectivity index (χ1) is 32.0. The van der Waals surface area contributed by atoms with Crippen LogP contribution in [0.3, 0.4) is 0 Å².